The van der Waals surface area contributed by atoms with Crippen LogP contribution in [0, 0.1) is 0 Å². The molecule has 0 amide bonds. The van der Waals surface area contributed by atoms with Gasteiger partial charge in [0.05, 0.1) is 0 Å². The summed E-state index contributed by atoms with van der Waals surface area (Å²) in [6.07, 6.45) is 11.2. The molecule has 0 aromatic carbocycles. The van der Waals surface area contributed by atoms with Crippen LogP contribution in [0.25, 0.3) is 0 Å². The highest BCUT2D eigenvalue weighted by molar-refractivity contribution is 5.25. The van der Waals surface area contributed by atoms with Gasteiger partial charge in [0, 0.05) is 0 Å². The van der Waals surface area contributed by atoms with Crippen LogP contribution in [0.2, 0.25) is 0 Å². The Kier molecular flexibility index (Phi) is 7.77. The van der Waals surface area contributed by atoms with Gasteiger partial charge in [-0.15, -0.1) is 0 Å². The molecule has 0 aliphatic heterocycles. The lowest BCUT2D eigenvalue weighted by molar-refractivity contribution is 0.673. The molecule has 0 atom stereocenters. The van der Waals surface area contributed by atoms with E-state index in [2.05, 4.69) is 39.8 Å². The smallest absolute Gasteiger partial charge is 0.0345 e. The Morgan fingerprint density at radius 1 is 1.00 bits per heavy atom. The van der Waals surface area contributed by atoms with Gasteiger partial charge >= 0.3 is 0 Å². The van der Waals surface area contributed by atoms with Gasteiger partial charge in [-0.3, -0.25) is 0 Å². The Morgan fingerprint density at radius 2 is 1.69 bits per heavy atom. The zero-order valence-corrected chi connectivity index (χ0v) is 9.69. The van der Waals surface area contributed by atoms with Crippen LogP contribution in [0.15, 0.2) is 23.3 Å². The Labute approximate surface area is 83.7 Å². The van der Waals surface area contributed by atoms with E-state index in [1.807, 2.05) is 0 Å². The minimum absolute atomic E-state index is 1.25. The van der Waals surface area contributed by atoms with Gasteiger partial charge in [-0.05, 0) is 33.6 Å². The average Bonchev–Trinajstić information content (AvgIpc) is 2.16. The molecule has 0 saturated carbocycles. The van der Waals surface area contributed by atoms with E-state index in [9.17, 15) is 0 Å². The lowest BCUT2D eigenvalue weighted by Gasteiger charge is -2.00. The van der Waals surface area contributed by atoms with Crippen LogP contribution in [0.5, 0.6) is 0 Å². The minimum atomic E-state index is 1.25. The van der Waals surface area contributed by atoms with Gasteiger partial charge in [-0.25, -0.2) is 0 Å². The first kappa shape index (κ1) is 12.5. The first-order valence-electron chi connectivity index (χ1n) is 5.52. The van der Waals surface area contributed by atoms with E-state index in [0.717, 1.165) is 0 Å². The number of unbranched alkanes of at least 4 members (excludes halogenated alkanes) is 4. The first-order valence-corrected chi connectivity index (χ1v) is 5.52. The molecule has 0 unspecified atom stereocenters. The summed E-state index contributed by atoms with van der Waals surface area (Å²) < 4.78 is 0. The second kappa shape index (κ2) is 8.10. The van der Waals surface area contributed by atoms with Crippen molar-refractivity contribution in [2.45, 2.75) is 59.8 Å². The fourth-order valence-corrected chi connectivity index (χ4v) is 1.28. The fraction of sp³-hybridized carbons (Fsp3) is 0.692. The summed E-state index contributed by atoms with van der Waals surface area (Å²) in [4.78, 5) is 0. The maximum absolute atomic E-state index is 2.37. The predicted molar refractivity (Wildman–Crippen MR) is 61.9 cm³/mol. The molecular weight excluding hydrogens is 156 g/mol. The third-order valence-electron chi connectivity index (χ3n) is 2.56. The highest BCUT2D eigenvalue weighted by Crippen LogP contribution is 2.11. The summed E-state index contributed by atoms with van der Waals surface area (Å²) >= 11 is 0. The van der Waals surface area contributed by atoms with Crippen molar-refractivity contribution in [2.75, 3.05) is 0 Å². The summed E-state index contributed by atoms with van der Waals surface area (Å²) in [6.45, 7) is 8.74. The van der Waals surface area contributed by atoms with E-state index in [1.165, 1.54) is 43.3 Å². The molecule has 0 aliphatic rings. The molecule has 0 N–H and O–H groups in total. The van der Waals surface area contributed by atoms with Gasteiger partial charge in [0.15, 0.2) is 0 Å². The fourth-order valence-electron chi connectivity index (χ4n) is 1.28. The monoisotopic (exact) mass is 180 g/mol. The predicted octanol–water partition coefficient (Wildman–Crippen LogP) is 4.87. The van der Waals surface area contributed by atoms with Gasteiger partial charge in [-0.1, -0.05) is 49.5 Å². The number of hydrogen-bond acceptors (Lipinski definition) is 0. The maximum Gasteiger partial charge on any atom is -0.0345 e. The van der Waals surface area contributed by atoms with E-state index in [1.54, 1.807) is 0 Å². The van der Waals surface area contributed by atoms with Gasteiger partial charge in [0.2, 0.25) is 0 Å². The van der Waals surface area contributed by atoms with Gasteiger partial charge in [0.1, 0.15) is 0 Å². The summed E-state index contributed by atoms with van der Waals surface area (Å²) in [5, 5.41) is 0. The molecule has 0 spiro atoms. The quantitative estimate of drug-likeness (QED) is 0.404. The molecule has 0 bridgehead atoms. The van der Waals surface area contributed by atoms with E-state index in [4.69, 9.17) is 0 Å². The Hall–Kier alpha value is -0.520. The molecular formula is C13H24. The molecule has 0 aromatic heterocycles. The molecule has 0 rings (SSSR count). The standard InChI is InChI=1S/C13H24/c1-5-7-8-9-10-11-13(4)12(3)6-2/h6,11H,5,7-10H2,1-4H3. The molecule has 0 aliphatic carbocycles. The highest BCUT2D eigenvalue weighted by Gasteiger charge is 1.90. The molecule has 0 radical (unpaired) electrons. The van der Waals surface area contributed by atoms with Crippen molar-refractivity contribution in [3.8, 4) is 0 Å². The number of allylic oxidation sites excluding steroid dienone is 4. The second-order valence-electron chi connectivity index (χ2n) is 3.71. The van der Waals surface area contributed by atoms with Gasteiger partial charge in [-0.2, -0.15) is 0 Å². The molecule has 0 saturated heterocycles. The zero-order valence-electron chi connectivity index (χ0n) is 9.69. The Bertz CT molecular complexity index is 172. The highest BCUT2D eigenvalue weighted by atomic mass is 14.0. The van der Waals surface area contributed by atoms with Gasteiger partial charge < -0.3 is 0 Å². The van der Waals surface area contributed by atoms with Gasteiger partial charge in [0.25, 0.3) is 0 Å². The normalized spacial score (nSPS) is 13.5. The molecule has 0 fully saturated rings. The van der Waals surface area contributed by atoms with Crippen molar-refractivity contribution in [1.29, 1.82) is 0 Å². The Balaban J connectivity index is 3.60. The molecule has 0 heteroatoms. The first-order chi connectivity index (χ1) is 6.22. The topological polar surface area (TPSA) is 0 Å². The van der Waals surface area contributed by atoms with Crippen molar-refractivity contribution in [3.05, 3.63) is 23.3 Å². The molecule has 13 heavy (non-hydrogen) atoms. The van der Waals surface area contributed by atoms with Crippen molar-refractivity contribution >= 4 is 0 Å². The lowest BCUT2D eigenvalue weighted by Crippen LogP contribution is -1.80. The van der Waals surface area contributed by atoms with E-state index < -0.39 is 0 Å². The lowest BCUT2D eigenvalue weighted by atomic mass is 10.1. The third kappa shape index (κ3) is 6.62. The summed E-state index contributed by atoms with van der Waals surface area (Å²) in [7, 11) is 0. The number of hydrogen-bond donors (Lipinski definition) is 0. The van der Waals surface area contributed by atoms with Crippen LogP contribution in [0.3, 0.4) is 0 Å². The van der Waals surface area contributed by atoms with Crippen LogP contribution in [-0.4, -0.2) is 0 Å². The third-order valence-corrected chi connectivity index (χ3v) is 2.56. The van der Waals surface area contributed by atoms with E-state index in [-0.39, 0.29) is 0 Å². The number of rotatable bonds is 6. The summed E-state index contributed by atoms with van der Waals surface area (Å²) in [5.74, 6) is 0. The van der Waals surface area contributed by atoms with Crippen molar-refractivity contribution in [1.82, 2.24) is 0 Å². The van der Waals surface area contributed by atoms with Crippen LogP contribution >= 0.6 is 0 Å². The van der Waals surface area contributed by atoms with Crippen LogP contribution in [0.1, 0.15) is 59.8 Å². The maximum atomic E-state index is 2.37. The largest absolute Gasteiger partial charge is 0.0845 e. The molecule has 0 heterocycles. The van der Waals surface area contributed by atoms with Crippen molar-refractivity contribution in [3.63, 3.8) is 0 Å². The van der Waals surface area contributed by atoms with Crippen LogP contribution in [0.4, 0.5) is 0 Å². The van der Waals surface area contributed by atoms with Crippen molar-refractivity contribution in [2.24, 2.45) is 0 Å². The van der Waals surface area contributed by atoms with E-state index in [0.29, 0.717) is 0 Å². The molecule has 0 aromatic rings. The Morgan fingerprint density at radius 3 is 2.23 bits per heavy atom. The van der Waals surface area contributed by atoms with E-state index >= 15 is 0 Å². The van der Waals surface area contributed by atoms with Crippen LogP contribution in [-0.2, 0) is 0 Å². The van der Waals surface area contributed by atoms with Crippen molar-refractivity contribution < 1.29 is 0 Å². The van der Waals surface area contributed by atoms with Crippen LogP contribution < -0.4 is 0 Å². The summed E-state index contributed by atoms with van der Waals surface area (Å²) in [5.41, 5.74) is 2.86. The molecule has 0 nitrogen and oxygen atoms in total. The summed E-state index contributed by atoms with van der Waals surface area (Å²) in [6, 6.07) is 0. The SMILES string of the molecule is CC=C(C)C(C)=CCCCCCC. The zero-order chi connectivity index (χ0) is 10.1. The second-order valence-corrected chi connectivity index (χ2v) is 3.71. The minimum Gasteiger partial charge on any atom is -0.0845 e. The average molecular weight is 180 g/mol. The molecule has 76 valence electrons.